The molecule has 1 fully saturated rings. The molecular formula is C21H29N3O. The molecule has 0 radical (unpaired) electrons. The molecule has 4 nitrogen and oxygen atoms in total. The van der Waals surface area contributed by atoms with Crippen LogP contribution in [0.2, 0.25) is 0 Å². The van der Waals surface area contributed by atoms with Crippen LogP contribution in [0.1, 0.15) is 36.9 Å². The third-order valence-corrected chi connectivity index (χ3v) is 5.23. The Kier molecular flexibility index (Phi) is 6.05. The summed E-state index contributed by atoms with van der Waals surface area (Å²) in [6, 6.07) is 11.9. The van der Waals surface area contributed by atoms with E-state index < -0.39 is 0 Å². The Morgan fingerprint density at radius 1 is 1.04 bits per heavy atom. The highest BCUT2D eigenvalue weighted by Gasteiger charge is 2.19. The molecular weight excluding hydrogens is 310 g/mol. The van der Waals surface area contributed by atoms with E-state index in [1.54, 1.807) is 7.11 Å². The van der Waals surface area contributed by atoms with Crippen LogP contribution in [0.15, 0.2) is 36.5 Å². The van der Waals surface area contributed by atoms with Crippen molar-refractivity contribution < 1.29 is 4.74 Å². The Morgan fingerprint density at radius 2 is 1.76 bits per heavy atom. The SMILES string of the molecule is CNC1CCC(NCc2cc(-c3ccnc(C)c3)ccc2OC)CC1. The maximum Gasteiger partial charge on any atom is 0.123 e. The Balaban J connectivity index is 1.70. The lowest BCUT2D eigenvalue weighted by atomic mass is 9.91. The third kappa shape index (κ3) is 4.59. The molecule has 0 bridgehead atoms. The topological polar surface area (TPSA) is 46.2 Å². The predicted molar refractivity (Wildman–Crippen MR) is 103 cm³/mol. The monoisotopic (exact) mass is 339 g/mol. The first-order valence-electron chi connectivity index (χ1n) is 9.20. The molecule has 1 aromatic heterocycles. The number of aromatic nitrogens is 1. The molecule has 1 aliphatic carbocycles. The highest BCUT2D eigenvalue weighted by Crippen LogP contribution is 2.27. The highest BCUT2D eigenvalue weighted by atomic mass is 16.5. The quantitative estimate of drug-likeness (QED) is 0.843. The number of aryl methyl sites for hydroxylation is 1. The standard InChI is InChI=1S/C21H29N3O/c1-15-12-17(10-11-23-15)16-4-9-21(25-3)18(13-16)14-24-20-7-5-19(22-2)6-8-20/h4,9-13,19-20,22,24H,5-8,14H2,1-3H3. The average Bonchev–Trinajstić information content (AvgIpc) is 2.66. The number of hydrogen-bond donors (Lipinski definition) is 2. The maximum absolute atomic E-state index is 5.57. The van der Waals surface area contributed by atoms with Gasteiger partial charge in [0.1, 0.15) is 5.75 Å². The second-order valence-corrected chi connectivity index (χ2v) is 6.93. The van der Waals surface area contributed by atoms with Gasteiger partial charge < -0.3 is 15.4 Å². The minimum absolute atomic E-state index is 0.598. The van der Waals surface area contributed by atoms with Crippen LogP contribution in [-0.2, 0) is 6.54 Å². The lowest BCUT2D eigenvalue weighted by molar-refractivity contribution is 0.315. The molecule has 0 atom stereocenters. The summed E-state index contributed by atoms with van der Waals surface area (Å²) in [5.41, 5.74) is 4.66. The van der Waals surface area contributed by atoms with Gasteiger partial charge in [0.15, 0.2) is 0 Å². The summed E-state index contributed by atoms with van der Waals surface area (Å²) in [5.74, 6) is 0.950. The zero-order valence-corrected chi connectivity index (χ0v) is 15.5. The van der Waals surface area contributed by atoms with Crippen molar-refractivity contribution >= 4 is 0 Å². The molecule has 1 aliphatic rings. The molecule has 25 heavy (non-hydrogen) atoms. The van der Waals surface area contributed by atoms with Gasteiger partial charge in [-0.25, -0.2) is 0 Å². The summed E-state index contributed by atoms with van der Waals surface area (Å²) < 4.78 is 5.57. The first-order valence-corrected chi connectivity index (χ1v) is 9.20. The Labute approximate surface area is 151 Å². The molecule has 2 N–H and O–H groups in total. The van der Waals surface area contributed by atoms with E-state index in [0.717, 1.165) is 18.0 Å². The minimum Gasteiger partial charge on any atom is -0.496 e. The fraction of sp³-hybridized carbons (Fsp3) is 0.476. The van der Waals surface area contributed by atoms with E-state index in [-0.39, 0.29) is 0 Å². The van der Waals surface area contributed by atoms with Crippen molar-refractivity contribution in [2.24, 2.45) is 0 Å². The van der Waals surface area contributed by atoms with Crippen LogP contribution in [-0.4, -0.2) is 31.2 Å². The van der Waals surface area contributed by atoms with Gasteiger partial charge in [-0.15, -0.1) is 0 Å². The van der Waals surface area contributed by atoms with Crippen LogP contribution in [0.4, 0.5) is 0 Å². The maximum atomic E-state index is 5.57. The van der Waals surface area contributed by atoms with Crippen molar-refractivity contribution in [1.29, 1.82) is 0 Å². The Morgan fingerprint density at radius 3 is 2.44 bits per heavy atom. The number of nitrogens with one attached hydrogen (secondary N) is 2. The van der Waals surface area contributed by atoms with Crippen molar-refractivity contribution in [3.05, 3.63) is 47.8 Å². The van der Waals surface area contributed by atoms with E-state index >= 15 is 0 Å². The van der Waals surface area contributed by atoms with Crippen LogP contribution in [0, 0.1) is 6.92 Å². The van der Waals surface area contributed by atoms with Crippen LogP contribution < -0.4 is 15.4 Å². The summed E-state index contributed by atoms with van der Waals surface area (Å²) in [6.45, 7) is 2.87. The molecule has 4 heteroatoms. The van der Waals surface area contributed by atoms with Gasteiger partial charge >= 0.3 is 0 Å². The average molecular weight is 339 g/mol. The molecule has 2 aromatic rings. The summed E-state index contributed by atoms with van der Waals surface area (Å²) in [4.78, 5) is 4.29. The van der Waals surface area contributed by atoms with E-state index in [4.69, 9.17) is 4.74 Å². The first kappa shape index (κ1) is 17.9. The lowest BCUT2D eigenvalue weighted by Crippen LogP contribution is -2.38. The molecule has 0 amide bonds. The summed E-state index contributed by atoms with van der Waals surface area (Å²) in [6.07, 6.45) is 6.84. The number of pyridine rings is 1. The van der Waals surface area contributed by atoms with E-state index in [2.05, 4.69) is 53.0 Å². The number of rotatable bonds is 6. The minimum atomic E-state index is 0.598. The molecule has 0 spiro atoms. The van der Waals surface area contributed by atoms with Crippen LogP contribution >= 0.6 is 0 Å². The van der Waals surface area contributed by atoms with Gasteiger partial charge in [-0.1, -0.05) is 6.07 Å². The van der Waals surface area contributed by atoms with E-state index in [0.29, 0.717) is 12.1 Å². The summed E-state index contributed by atoms with van der Waals surface area (Å²) >= 11 is 0. The van der Waals surface area contributed by atoms with Crippen molar-refractivity contribution in [2.75, 3.05) is 14.2 Å². The Bertz CT molecular complexity index is 693. The Hall–Kier alpha value is -1.91. The van der Waals surface area contributed by atoms with Gasteiger partial charge in [0.25, 0.3) is 0 Å². The lowest BCUT2D eigenvalue weighted by Gasteiger charge is -2.29. The molecule has 1 heterocycles. The van der Waals surface area contributed by atoms with Crippen LogP contribution in [0.25, 0.3) is 11.1 Å². The smallest absolute Gasteiger partial charge is 0.123 e. The second-order valence-electron chi connectivity index (χ2n) is 6.93. The van der Waals surface area contributed by atoms with Gasteiger partial charge in [-0.3, -0.25) is 4.98 Å². The van der Waals surface area contributed by atoms with E-state index in [1.165, 1.54) is 42.4 Å². The number of hydrogen-bond acceptors (Lipinski definition) is 4. The zero-order valence-electron chi connectivity index (χ0n) is 15.5. The summed E-state index contributed by atoms with van der Waals surface area (Å²) in [7, 11) is 3.81. The fourth-order valence-corrected chi connectivity index (χ4v) is 3.66. The van der Waals surface area contributed by atoms with Gasteiger partial charge in [0.2, 0.25) is 0 Å². The normalized spacial score (nSPS) is 20.4. The zero-order chi connectivity index (χ0) is 17.6. The number of ether oxygens (including phenoxy) is 1. The van der Waals surface area contributed by atoms with Gasteiger partial charge in [-0.2, -0.15) is 0 Å². The van der Waals surface area contributed by atoms with Crippen molar-refractivity contribution in [1.82, 2.24) is 15.6 Å². The predicted octanol–water partition coefficient (Wildman–Crippen LogP) is 3.69. The second kappa shape index (κ2) is 8.45. The third-order valence-electron chi connectivity index (χ3n) is 5.23. The largest absolute Gasteiger partial charge is 0.496 e. The van der Waals surface area contributed by atoms with Crippen molar-refractivity contribution in [3.63, 3.8) is 0 Å². The van der Waals surface area contributed by atoms with Crippen LogP contribution in [0.5, 0.6) is 5.75 Å². The van der Waals surface area contributed by atoms with Gasteiger partial charge in [0.05, 0.1) is 7.11 Å². The first-order chi connectivity index (χ1) is 12.2. The molecule has 1 saturated carbocycles. The van der Waals surface area contributed by atoms with Crippen LogP contribution in [0.3, 0.4) is 0 Å². The molecule has 0 saturated heterocycles. The molecule has 134 valence electrons. The highest BCUT2D eigenvalue weighted by molar-refractivity contribution is 5.65. The number of nitrogens with zero attached hydrogens (tertiary/aromatic N) is 1. The number of benzene rings is 1. The molecule has 0 aliphatic heterocycles. The fourth-order valence-electron chi connectivity index (χ4n) is 3.66. The van der Waals surface area contributed by atoms with Gasteiger partial charge in [-0.05, 0) is 75.0 Å². The van der Waals surface area contributed by atoms with Crippen molar-refractivity contribution in [2.45, 2.75) is 51.2 Å². The van der Waals surface area contributed by atoms with Crippen molar-refractivity contribution in [3.8, 4) is 16.9 Å². The number of methoxy groups -OCH3 is 1. The molecule has 0 unspecified atom stereocenters. The van der Waals surface area contributed by atoms with Gasteiger partial charge in [0, 0.05) is 36.1 Å². The van der Waals surface area contributed by atoms with E-state index in [1.807, 2.05) is 13.1 Å². The van der Waals surface area contributed by atoms with E-state index in [9.17, 15) is 0 Å². The molecule has 3 rings (SSSR count). The molecule has 1 aromatic carbocycles. The summed E-state index contributed by atoms with van der Waals surface area (Å²) in [5, 5.41) is 7.12.